The summed E-state index contributed by atoms with van der Waals surface area (Å²) < 4.78 is 0. The summed E-state index contributed by atoms with van der Waals surface area (Å²) in [5, 5.41) is 2.62. The molecule has 2 amide bonds. The Morgan fingerprint density at radius 2 is 2.24 bits per heavy atom. The third-order valence-electron chi connectivity index (χ3n) is 3.50. The quantitative estimate of drug-likeness (QED) is 0.716. The van der Waals surface area contributed by atoms with Crippen LogP contribution >= 0.6 is 0 Å². The highest BCUT2D eigenvalue weighted by Gasteiger charge is 2.33. The molecule has 0 aromatic heterocycles. The molecule has 1 rings (SSSR count). The fraction of sp³-hybridized carbons (Fsp3) is 0.833. The summed E-state index contributed by atoms with van der Waals surface area (Å²) in [6, 6.07) is -0.275. The number of hydrogen-bond acceptors (Lipinski definition) is 3. The Kier molecular flexibility index (Phi) is 5.41. The summed E-state index contributed by atoms with van der Waals surface area (Å²) in [7, 11) is 1.61. The van der Waals surface area contributed by atoms with Crippen LogP contribution in [0.1, 0.15) is 32.6 Å². The van der Waals surface area contributed by atoms with Gasteiger partial charge in [-0.3, -0.25) is 9.59 Å². The summed E-state index contributed by atoms with van der Waals surface area (Å²) in [5.74, 6) is 0.235. The fourth-order valence-electron chi connectivity index (χ4n) is 2.26. The van der Waals surface area contributed by atoms with Crippen LogP contribution < -0.4 is 11.1 Å². The molecule has 2 atom stereocenters. The molecular formula is C12H23N3O2. The lowest BCUT2D eigenvalue weighted by Crippen LogP contribution is -2.45. The minimum absolute atomic E-state index is 0.0587. The molecule has 17 heavy (non-hydrogen) atoms. The second kappa shape index (κ2) is 6.59. The van der Waals surface area contributed by atoms with Gasteiger partial charge in [0.05, 0.1) is 0 Å². The molecule has 3 N–H and O–H groups in total. The molecule has 0 bridgehead atoms. The van der Waals surface area contributed by atoms with Crippen molar-refractivity contribution < 1.29 is 9.59 Å². The number of rotatable bonds is 5. The maximum atomic E-state index is 12.1. The average molecular weight is 241 g/mol. The van der Waals surface area contributed by atoms with Crippen LogP contribution in [0.4, 0.5) is 0 Å². The van der Waals surface area contributed by atoms with E-state index in [0.717, 1.165) is 19.3 Å². The second-order valence-corrected chi connectivity index (χ2v) is 4.57. The van der Waals surface area contributed by atoms with Crippen molar-refractivity contribution in [1.82, 2.24) is 10.2 Å². The van der Waals surface area contributed by atoms with Gasteiger partial charge in [-0.15, -0.1) is 0 Å². The fourth-order valence-corrected chi connectivity index (χ4v) is 2.26. The summed E-state index contributed by atoms with van der Waals surface area (Å²) in [6.45, 7) is 3.25. The van der Waals surface area contributed by atoms with Crippen molar-refractivity contribution in [2.45, 2.75) is 38.6 Å². The smallest absolute Gasteiger partial charge is 0.242 e. The van der Waals surface area contributed by atoms with Crippen LogP contribution in [-0.4, -0.2) is 42.9 Å². The van der Waals surface area contributed by atoms with E-state index in [1.807, 2.05) is 6.92 Å². The number of nitrogens with one attached hydrogen (secondary N) is 1. The van der Waals surface area contributed by atoms with Crippen LogP contribution in [0.3, 0.4) is 0 Å². The highest BCUT2D eigenvalue weighted by atomic mass is 16.2. The zero-order valence-electron chi connectivity index (χ0n) is 10.7. The third kappa shape index (κ3) is 3.43. The topological polar surface area (TPSA) is 75.4 Å². The molecular weight excluding hydrogens is 218 g/mol. The summed E-state index contributed by atoms with van der Waals surface area (Å²) >= 11 is 0. The molecule has 0 aromatic rings. The van der Waals surface area contributed by atoms with Crippen LogP contribution in [0.2, 0.25) is 0 Å². The summed E-state index contributed by atoms with van der Waals surface area (Å²) in [5.41, 5.74) is 5.60. The molecule has 5 heteroatoms. The monoisotopic (exact) mass is 241 g/mol. The number of hydrogen-bond donors (Lipinski definition) is 2. The van der Waals surface area contributed by atoms with Crippen molar-refractivity contribution in [2.24, 2.45) is 11.7 Å². The molecule has 1 fully saturated rings. The van der Waals surface area contributed by atoms with Crippen LogP contribution in [-0.2, 0) is 9.59 Å². The predicted molar refractivity (Wildman–Crippen MR) is 66.3 cm³/mol. The predicted octanol–water partition coefficient (Wildman–Crippen LogP) is 0.0984. The minimum atomic E-state index is -0.275. The van der Waals surface area contributed by atoms with Crippen LogP contribution in [0.25, 0.3) is 0 Å². The van der Waals surface area contributed by atoms with E-state index in [4.69, 9.17) is 5.73 Å². The van der Waals surface area contributed by atoms with Gasteiger partial charge in [0.1, 0.15) is 6.04 Å². The largest absolute Gasteiger partial charge is 0.357 e. The van der Waals surface area contributed by atoms with Crippen LogP contribution in [0.5, 0.6) is 0 Å². The van der Waals surface area contributed by atoms with Crippen molar-refractivity contribution in [3.8, 4) is 0 Å². The summed E-state index contributed by atoms with van der Waals surface area (Å²) in [6.07, 6.45) is 3.04. The third-order valence-corrected chi connectivity index (χ3v) is 3.50. The molecule has 98 valence electrons. The second-order valence-electron chi connectivity index (χ2n) is 4.57. The molecule has 0 radical (unpaired) electrons. The van der Waals surface area contributed by atoms with Gasteiger partial charge < -0.3 is 16.0 Å². The molecule has 5 nitrogen and oxygen atoms in total. The van der Waals surface area contributed by atoms with E-state index in [2.05, 4.69) is 5.32 Å². The molecule has 0 aromatic carbocycles. The van der Waals surface area contributed by atoms with Gasteiger partial charge >= 0.3 is 0 Å². The van der Waals surface area contributed by atoms with Crippen molar-refractivity contribution in [1.29, 1.82) is 0 Å². The Hall–Kier alpha value is -1.10. The van der Waals surface area contributed by atoms with Gasteiger partial charge in [-0.2, -0.15) is 0 Å². The van der Waals surface area contributed by atoms with Gasteiger partial charge in [0.15, 0.2) is 0 Å². The molecule has 0 aliphatic carbocycles. The van der Waals surface area contributed by atoms with E-state index < -0.39 is 0 Å². The lowest BCUT2D eigenvalue weighted by atomic mass is 10.0. The lowest BCUT2D eigenvalue weighted by Gasteiger charge is -2.25. The molecule has 1 aliphatic rings. The van der Waals surface area contributed by atoms with E-state index in [0.29, 0.717) is 19.5 Å². The minimum Gasteiger partial charge on any atom is -0.357 e. The molecule has 1 saturated heterocycles. The molecule has 0 saturated carbocycles. The van der Waals surface area contributed by atoms with E-state index in [-0.39, 0.29) is 23.8 Å². The van der Waals surface area contributed by atoms with E-state index in [1.165, 1.54) is 0 Å². The van der Waals surface area contributed by atoms with Crippen LogP contribution in [0, 0.1) is 5.92 Å². The first-order valence-electron chi connectivity index (χ1n) is 6.35. The number of carbonyl (C=O) groups is 2. The number of carbonyl (C=O) groups excluding carboxylic acids is 2. The Morgan fingerprint density at radius 3 is 2.76 bits per heavy atom. The van der Waals surface area contributed by atoms with Crippen molar-refractivity contribution in [3.63, 3.8) is 0 Å². The van der Waals surface area contributed by atoms with Crippen molar-refractivity contribution >= 4 is 11.8 Å². The van der Waals surface area contributed by atoms with Crippen molar-refractivity contribution in [3.05, 3.63) is 0 Å². The Labute approximate surface area is 103 Å². The van der Waals surface area contributed by atoms with E-state index >= 15 is 0 Å². The maximum Gasteiger partial charge on any atom is 0.242 e. The zero-order chi connectivity index (χ0) is 12.8. The lowest BCUT2D eigenvalue weighted by molar-refractivity contribution is -0.138. The Bertz CT molecular complexity index is 277. The maximum absolute atomic E-state index is 12.1. The van der Waals surface area contributed by atoms with E-state index in [1.54, 1.807) is 11.9 Å². The molecule has 0 spiro atoms. The van der Waals surface area contributed by atoms with Gasteiger partial charge in [-0.1, -0.05) is 13.3 Å². The average Bonchev–Trinajstić information content (AvgIpc) is 2.83. The Balaban J connectivity index is 2.58. The number of nitrogens with zero attached hydrogens (tertiary/aromatic N) is 1. The SMILES string of the molecule is CCC(CN)CC(=O)N1CCCC1C(=O)NC. The van der Waals surface area contributed by atoms with Gasteiger partial charge in [-0.25, -0.2) is 0 Å². The normalized spacial score (nSPS) is 21.4. The number of amides is 2. The zero-order valence-corrected chi connectivity index (χ0v) is 10.7. The first-order valence-corrected chi connectivity index (χ1v) is 6.35. The first-order chi connectivity index (χ1) is 8.13. The molecule has 2 unspecified atom stereocenters. The molecule has 1 heterocycles. The highest BCUT2D eigenvalue weighted by molar-refractivity contribution is 5.88. The standard InChI is InChI=1S/C12H23N3O2/c1-3-9(8-13)7-11(16)15-6-4-5-10(15)12(17)14-2/h9-10H,3-8,13H2,1-2H3,(H,14,17). The molecule has 1 aliphatic heterocycles. The van der Waals surface area contributed by atoms with Crippen molar-refractivity contribution in [2.75, 3.05) is 20.1 Å². The van der Waals surface area contributed by atoms with Gasteiger partial charge in [0.2, 0.25) is 11.8 Å². The highest BCUT2D eigenvalue weighted by Crippen LogP contribution is 2.20. The number of likely N-dealkylation sites (tertiary alicyclic amines) is 1. The number of nitrogens with two attached hydrogens (primary N) is 1. The van der Waals surface area contributed by atoms with Crippen LogP contribution in [0.15, 0.2) is 0 Å². The van der Waals surface area contributed by atoms with Gasteiger partial charge in [-0.05, 0) is 25.3 Å². The van der Waals surface area contributed by atoms with Gasteiger partial charge in [0.25, 0.3) is 0 Å². The van der Waals surface area contributed by atoms with E-state index in [9.17, 15) is 9.59 Å². The number of likely N-dealkylation sites (N-methyl/N-ethyl adjacent to an activating group) is 1. The first kappa shape index (κ1) is 14.0. The Morgan fingerprint density at radius 1 is 1.53 bits per heavy atom. The summed E-state index contributed by atoms with van der Waals surface area (Å²) in [4.78, 5) is 25.4. The van der Waals surface area contributed by atoms with Gasteiger partial charge in [0, 0.05) is 20.0 Å².